The van der Waals surface area contributed by atoms with Crippen LogP contribution in [0.15, 0.2) is 47.4 Å². The topological polar surface area (TPSA) is 66.5 Å². The van der Waals surface area contributed by atoms with Crippen molar-refractivity contribution in [1.29, 1.82) is 0 Å². The van der Waals surface area contributed by atoms with Gasteiger partial charge in [0.1, 0.15) is 5.82 Å². The lowest BCUT2D eigenvalue weighted by atomic mass is 9.78. The van der Waals surface area contributed by atoms with E-state index in [9.17, 15) is 17.6 Å². The quantitative estimate of drug-likeness (QED) is 0.824. The van der Waals surface area contributed by atoms with Crippen molar-refractivity contribution in [1.82, 2.24) is 4.31 Å². The third kappa shape index (κ3) is 3.69. The van der Waals surface area contributed by atoms with Gasteiger partial charge >= 0.3 is 0 Å². The predicted octanol–water partition coefficient (Wildman–Crippen LogP) is 3.83. The maximum Gasteiger partial charge on any atom is 0.242 e. The van der Waals surface area contributed by atoms with Crippen LogP contribution < -0.4 is 5.32 Å². The van der Waals surface area contributed by atoms with Gasteiger partial charge in [0.15, 0.2) is 0 Å². The molecule has 0 heterocycles. The zero-order valence-corrected chi connectivity index (χ0v) is 17.1. The summed E-state index contributed by atoms with van der Waals surface area (Å²) in [7, 11) is -0.668. The average Bonchev–Trinajstić information content (AvgIpc) is 3.14. The number of nitrogens with zero attached hydrogens (tertiary/aromatic N) is 1. The Morgan fingerprint density at radius 3 is 2.25 bits per heavy atom. The van der Waals surface area contributed by atoms with Gasteiger partial charge < -0.3 is 5.32 Å². The van der Waals surface area contributed by atoms with Crippen LogP contribution in [0.2, 0.25) is 0 Å². The number of anilines is 1. The molecule has 1 aliphatic carbocycles. The molecule has 7 heteroatoms. The first kappa shape index (κ1) is 20.5. The van der Waals surface area contributed by atoms with Gasteiger partial charge in [0, 0.05) is 19.8 Å². The molecule has 1 N–H and O–H groups in total. The molecule has 2 aromatic rings. The number of rotatable bonds is 5. The molecule has 1 aliphatic rings. The molecular weight excluding hydrogens is 379 g/mol. The highest BCUT2D eigenvalue weighted by Crippen LogP contribution is 2.42. The van der Waals surface area contributed by atoms with Crippen molar-refractivity contribution in [2.75, 3.05) is 19.4 Å². The Kier molecular flexibility index (Phi) is 5.59. The molecule has 2 aromatic carbocycles. The summed E-state index contributed by atoms with van der Waals surface area (Å²) < 4.78 is 39.6. The molecular formula is C21H25FN2O3S. The second-order valence-corrected chi connectivity index (χ2v) is 9.64. The number of aryl methyl sites for hydroxylation is 1. The molecule has 0 spiro atoms. The molecule has 0 atom stereocenters. The minimum atomic E-state index is -3.62. The van der Waals surface area contributed by atoms with Gasteiger partial charge in [0.2, 0.25) is 15.9 Å². The molecule has 150 valence electrons. The van der Waals surface area contributed by atoms with Crippen LogP contribution in [-0.4, -0.2) is 32.7 Å². The van der Waals surface area contributed by atoms with Crippen LogP contribution >= 0.6 is 0 Å². The van der Waals surface area contributed by atoms with Crippen LogP contribution in [0.3, 0.4) is 0 Å². The largest absolute Gasteiger partial charge is 0.325 e. The van der Waals surface area contributed by atoms with E-state index in [0.29, 0.717) is 24.1 Å². The van der Waals surface area contributed by atoms with Gasteiger partial charge in [-0.05, 0) is 55.2 Å². The Hall–Kier alpha value is -2.25. The molecule has 0 saturated heterocycles. The number of carbonyl (C=O) groups excluding carboxylic acids is 1. The first-order valence-electron chi connectivity index (χ1n) is 9.27. The zero-order chi connectivity index (χ0) is 20.5. The van der Waals surface area contributed by atoms with Crippen molar-refractivity contribution in [3.8, 4) is 0 Å². The number of sulfonamides is 1. The number of amides is 1. The second kappa shape index (κ2) is 7.64. The number of carbonyl (C=O) groups is 1. The lowest BCUT2D eigenvalue weighted by Gasteiger charge is -2.28. The van der Waals surface area contributed by atoms with Gasteiger partial charge in [0.05, 0.1) is 10.3 Å². The predicted molar refractivity (Wildman–Crippen MR) is 107 cm³/mol. The molecule has 28 heavy (non-hydrogen) atoms. The van der Waals surface area contributed by atoms with Crippen LogP contribution in [-0.2, 0) is 20.2 Å². The van der Waals surface area contributed by atoms with Gasteiger partial charge in [-0.15, -0.1) is 0 Å². The van der Waals surface area contributed by atoms with Gasteiger partial charge in [-0.2, -0.15) is 0 Å². The summed E-state index contributed by atoms with van der Waals surface area (Å²) in [4.78, 5) is 13.4. The van der Waals surface area contributed by atoms with E-state index >= 15 is 0 Å². The summed E-state index contributed by atoms with van der Waals surface area (Å²) in [5.41, 5.74) is 1.11. The summed E-state index contributed by atoms with van der Waals surface area (Å²) in [5.74, 6) is -0.525. The van der Waals surface area contributed by atoms with E-state index < -0.39 is 15.4 Å². The van der Waals surface area contributed by atoms with E-state index in [1.807, 2.05) is 0 Å². The number of halogens is 1. The van der Waals surface area contributed by atoms with E-state index in [1.165, 1.54) is 32.3 Å². The van der Waals surface area contributed by atoms with Crippen molar-refractivity contribution in [2.45, 2.75) is 42.9 Å². The average molecular weight is 405 g/mol. The zero-order valence-electron chi connectivity index (χ0n) is 16.3. The summed E-state index contributed by atoms with van der Waals surface area (Å²) in [6, 6.07) is 11.0. The lowest BCUT2D eigenvalue weighted by molar-refractivity contribution is -0.121. The van der Waals surface area contributed by atoms with Crippen molar-refractivity contribution in [2.24, 2.45) is 0 Å². The van der Waals surface area contributed by atoms with Gasteiger partial charge in [-0.3, -0.25) is 4.79 Å². The number of benzene rings is 2. The fourth-order valence-corrected chi connectivity index (χ4v) is 4.94. The lowest BCUT2D eigenvalue weighted by Crippen LogP contribution is -2.38. The van der Waals surface area contributed by atoms with Crippen molar-refractivity contribution >= 4 is 21.6 Å². The van der Waals surface area contributed by atoms with Crippen molar-refractivity contribution in [3.63, 3.8) is 0 Å². The standard InChI is InChI=1S/C21H25FN2O3S/c1-15-6-11-18(14-19(15)28(26,27)24(2)3)23-20(25)21(12-4-5-13-21)16-7-9-17(22)10-8-16/h6-11,14H,4-5,12-13H2,1-3H3,(H,23,25). The molecule has 0 radical (unpaired) electrons. The highest BCUT2D eigenvalue weighted by atomic mass is 32.2. The molecule has 1 amide bonds. The van der Waals surface area contributed by atoms with Crippen LogP contribution in [0.5, 0.6) is 0 Å². The highest BCUT2D eigenvalue weighted by molar-refractivity contribution is 7.89. The fraction of sp³-hybridized carbons (Fsp3) is 0.381. The monoisotopic (exact) mass is 404 g/mol. The molecule has 0 aliphatic heterocycles. The normalized spacial score (nSPS) is 16.3. The molecule has 3 rings (SSSR count). The Balaban J connectivity index is 1.94. The van der Waals surface area contributed by atoms with E-state index in [0.717, 1.165) is 22.7 Å². The molecule has 0 bridgehead atoms. The first-order chi connectivity index (χ1) is 13.2. The number of nitrogens with one attached hydrogen (secondary N) is 1. The van der Waals surface area contributed by atoms with Crippen molar-refractivity contribution in [3.05, 3.63) is 59.4 Å². The summed E-state index contributed by atoms with van der Waals surface area (Å²) >= 11 is 0. The number of hydrogen-bond donors (Lipinski definition) is 1. The third-order valence-corrected chi connectivity index (χ3v) is 7.45. The summed E-state index contributed by atoms with van der Waals surface area (Å²) in [6.07, 6.45) is 3.19. The third-order valence-electron chi connectivity index (χ3n) is 5.49. The van der Waals surface area contributed by atoms with E-state index in [4.69, 9.17) is 0 Å². The minimum absolute atomic E-state index is 0.164. The van der Waals surface area contributed by atoms with E-state index in [1.54, 1.807) is 31.2 Å². The Labute approximate surface area is 165 Å². The Morgan fingerprint density at radius 1 is 1.07 bits per heavy atom. The Bertz CT molecular complexity index is 979. The van der Waals surface area contributed by atoms with Gasteiger partial charge in [-0.1, -0.05) is 31.0 Å². The molecule has 0 unspecified atom stereocenters. The SMILES string of the molecule is Cc1ccc(NC(=O)C2(c3ccc(F)cc3)CCCC2)cc1S(=O)(=O)N(C)C. The van der Waals surface area contributed by atoms with E-state index in [2.05, 4.69) is 5.32 Å². The molecule has 0 aromatic heterocycles. The highest BCUT2D eigenvalue weighted by Gasteiger charge is 2.42. The van der Waals surface area contributed by atoms with Crippen LogP contribution in [0.1, 0.15) is 36.8 Å². The smallest absolute Gasteiger partial charge is 0.242 e. The summed E-state index contributed by atoms with van der Waals surface area (Å²) in [6.45, 7) is 1.72. The van der Waals surface area contributed by atoms with Crippen LogP contribution in [0, 0.1) is 12.7 Å². The maximum atomic E-state index is 13.3. The first-order valence-corrected chi connectivity index (χ1v) is 10.7. The second-order valence-electron chi connectivity index (χ2n) is 7.52. The van der Waals surface area contributed by atoms with E-state index in [-0.39, 0.29) is 16.6 Å². The summed E-state index contributed by atoms with van der Waals surface area (Å²) in [5, 5.41) is 2.90. The van der Waals surface area contributed by atoms with Gasteiger partial charge in [0.25, 0.3) is 0 Å². The van der Waals surface area contributed by atoms with Crippen LogP contribution in [0.25, 0.3) is 0 Å². The number of hydrogen-bond acceptors (Lipinski definition) is 3. The van der Waals surface area contributed by atoms with Crippen molar-refractivity contribution < 1.29 is 17.6 Å². The fourth-order valence-electron chi connectivity index (χ4n) is 3.80. The molecule has 1 saturated carbocycles. The van der Waals surface area contributed by atoms with Crippen LogP contribution in [0.4, 0.5) is 10.1 Å². The van der Waals surface area contributed by atoms with Gasteiger partial charge in [-0.25, -0.2) is 17.1 Å². The molecule has 1 fully saturated rings. The molecule has 5 nitrogen and oxygen atoms in total. The maximum absolute atomic E-state index is 13.3. The minimum Gasteiger partial charge on any atom is -0.325 e. The Morgan fingerprint density at radius 2 is 1.68 bits per heavy atom.